The number of rotatable bonds is 3. The van der Waals surface area contributed by atoms with Crippen molar-refractivity contribution in [1.29, 1.82) is 0 Å². The number of carbonyl (C=O) groups excluding carboxylic acids is 1. The van der Waals surface area contributed by atoms with E-state index in [9.17, 15) is 4.79 Å². The Hall–Kier alpha value is -2.56. The second kappa shape index (κ2) is 5.61. The molecule has 0 fully saturated rings. The molecule has 0 aliphatic heterocycles. The van der Waals surface area contributed by atoms with Gasteiger partial charge in [0, 0.05) is 17.4 Å². The maximum absolute atomic E-state index is 11.8. The second-order valence-electron chi connectivity index (χ2n) is 4.49. The third-order valence-electron chi connectivity index (χ3n) is 3.17. The van der Waals surface area contributed by atoms with Crippen molar-refractivity contribution in [3.63, 3.8) is 0 Å². The number of benzene rings is 1. The summed E-state index contributed by atoms with van der Waals surface area (Å²) in [7, 11) is 1.34. The fraction of sp³-hybridized carbons (Fsp3) is 0.200. The third kappa shape index (κ3) is 2.56. The molecule has 0 saturated heterocycles. The minimum absolute atomic E-state index is 0.363. The first-order valence-corrected chi connectivity index (χ1v) is 6.20. The first kappa shape index (κ1) is 13.9. The number of pyridine rings is 1. The van der Waals surface area contributed by atoms with E-state index in [1.807, 2.05) is 38.1 Å². The van der Waals surface area contributed by atoms with E-state index in [1.165, 1.54) is 13.3 Å². The molecule has 2 rings (SSSR count). The molecule has 1 heterocycles. The molecule has 0 aliphatic carbocycles. The lowest BCUT2D eigenvalue weighted by atomic mass is 10.1. The highest BCUT2D eigenvalue weighted by molar-refractivity contribution is 5.98. The minimum Gasteiger partial charge on any atom is -0.465 e. The van der Waals surface area contributed by atoms with E-state index in [2.05, 4.69) is 10.3 Å². The summed E-state index contributed by atoms with van der Waals surface area (Å²) < 4.78 is 4.78. The molecule has 0 bridgehead atoms. The highest BCUT2D eigenvalue weighted by Crippen LogP contribution is 2.29. The van der Waals surface area contributed by atoms with Gasteiger partial charge in [0.05, 0.1) is 12.8 Å². The van der Waals surface area contributed by atoms with Crippen molar-refractivity contribution in [3.8, 4) is 0 Å². The molecule has 0 unspecified atom stereocenters. The Morgan fingerprint density at radius 2 is 2.00 bits per heavy atom. The number of nitrogens with two attached hydrogens (primary N) is 1. The van der Waals surface area contributed by atoms with E-state index in [0.717, 1.165) is 16.8 Å². The van der Waals surface area contributed by atoms with Crippen LogP contribution >= 0.6 is 0 Å². The minimum atomic E-state index is -0.448. The summed E-state index contributed by atoms with van der Waals surface area (Å²) in [6.07, 6.45) is 1.43. The maximum atomic E-state index is 11.8. The summed E-state index contributed by atoms with van der Waals surface area (Å²) in [5.74, 6) is -0.0644. The summed E-state index contributed by atoms with van der Waals surface area (Å²) >= 11 is 0. The Bertz CT molecular complexity index is 654. The first-order chi connectivity index (χ1) is 9.54. The smallest absolute Gasteiger partial charge is 0.341 e. The van der Waals surface area contributed by atoms with Crippen molar-refractivity contribution in [3.05, 3.63) is 47.2 Å². The highest BCUT2D eigenvalue weighted by atomic mass is 16.5. The molecule has 0 spiro atoms. The van der Waals surface area contributed by atoms with Gasteiger partial charge in [0.25, 0.3) is 0 Å². The van der Waals surface area contributed by atoms with Crippen LogP contribution in [0.3, 0.4) is 0 Å². The van der Waals surface area contributed by atoms with Gasteiger partial charge in [0.2, 0.25) is 0 Å². The fourth-order valence-corrected chi connectivity index (χ4v) is 1.90. The van der Waals surface area contributed by atoms with Crippen LogP contribution in [0, 0.1) is 13.8 Å². The Balaban J connectivity index is 2.52. The largest absolute Gasteiger partial charge is 0.465 e. The molecule has 104 valence electrons. The van der Waals surface area contributed by atoms with Crippen LogP contribution in [0.1, 0.15) is 21.5 Å². The third-order valence-corrected chi connectivity index (χ3v) is 3.17. The lowest BCUT2D eigenvalue weighted by Gasteiger charge is -2.16. The van der Waals surface area contributed by atoms with Gasteiger partial charge in [0.1, 0.15) is 11.4 Å². The van der Waals surface area contributed by atoms with Gasteiger partial charge in [-0.2, -0.15) is 0 Å². The number of para-hydroxylation sites is 1. The average Bonchev–Trinajstić information content (AvgIpc) is 2.45. The van der Waals surface area contributed by atoms with Gasteiger partial charge in [-0.15, -0.1) is 0 Å². The van der Waals surface area contributed by atoms with Crippen LogP contribution in [0.15, 0.2) is 30.5 Å². The molecule has 1 aromatic heterocycles. The lowest BCUT2D eigenvalue weighted by molar-refractivity contribution is 0.0601. The van der Waals surface area contributed by atoms with Gasteiger partial charge in [-0.05, 0) is 25.5 Å². The number of hydrogen-bond donors (Lipinski definition) is 2. The first-order valence-electron chi connectivity index (χ1n) is 6.20. The molecule has 0 saturated carbocycles. The highest BCUT2D eigenvalue weighted by Gasteiger charge is 2.17. The standard InChI is InChI=1S/C15H17N3O2/c1-9-6-4-5-7-12(9)18-13-10(2)14(16)17-8-11(13)15(19)20-3/h4-8H,1-3H3,(H3,16,17,18). The number of esters is 1. The number of anilines is 3. The van der Waals surface area contributed by atoms with Gasteiger partial charge in [-0.3, -0.25) is 0 Å². The number of aryl methyl sites for hydroxylation is 1. The molecule has 0 amide bonds. The zero-order valence-electron chi connectivity index (χ0n) is 11.7. The van der Waals surface area contributed by atoms with Crippen LogP contribution in [-0.4, -0.2) is 18.1 Å². The molecule has 20 heavy (non-hydrogen) atoms. The molecule has 5 heteroatoms. The summed E-state index contributed by atoms with van der Waals surface area (Å²) in [6, 6.07) is 7.80. The van der Waals surface area contributed by atoms with Crippen molar-refractivity contribution < 1.29 is 9.53 Å². The van der Waals surface area contributed by atoms with E-state index in [1.54, 1.807) is 0 Å². The Morgan fingerprint density at radius 1 is 1.30 bits per heavy atom. The van der Waals surface area contributed by atoms with Gasteiger partial charge < -0.3 is 15.8 Å². The monoisotopic (exact) mass is 271 g/mol. The predicted octanol–water partition coefficient (Wildman–Crippen LogP) is 2.81. The predicted molar refractivity (Wildman–Crippen MR) is 79.2 cm³/mol. The number of nitrogens with zero attached hydrogens (tertiary/aromatic N) is 1. The van der Waals surface area contributed by atoms with Crippen molar-refractivity contribution in [2.45, 2.75) is 13.8 Å². The summed E-state index contributed by atoms with van der Waals surface area (Å²) in [5, 5.41) is 3.24. The van der Waals surface area contributed by atoms with Crippen LogP contribution in [-0.2, 0) is 4.74 Å². The molecule has 2 aromatic rings. The number of nitrogens with one attached hydrogen (secondary N) is 1. The molecule has 0 atom stereocenters. The van der Waals surface area contributed by atoms with Crippen molar-refractivity contribution in [2.75, 3.05) is 18.2 Å². The summed E-state index contributed by atoms with van der Waals surface area (Å²) in [6.45, 7) is 3.80. The van der Waals surface area contributed by atoms with Gasteiger partial charge in [0.15, 0.2) is 0 Å². The molecule has 0 aliphatic rings. The lowest BCUT2D eigenvalue weighted by Crippen LogP contribution is -2.10. The van der Waals surface area contributed by atoms with Gasteiger partial charge in [-0.25, -0.2) is 9.78 Å². The molecule has 3 N–H and O–H groups in total. The second-order valence-corrected chi connectivity index (χ2v) is 4.49. The van der Waals surface area contributed by atoms with Gasteiger partial charge >= 0.3 is 5.97 Å². The average molecular weight is 271 g/mol. The fourth-order valence-electron chi connectivity index (χ4n) is 1.90. The molecule has 0 radical (unpaired) electrons. The summed E-state index contributed by atoms with van der Waals surface area (Å²) in [4.78, 5) is 15.8. The van der Waals surface area contributed by atoms with E-state index < -0.39 is 5.97 Å². The van der Waals surface area contributed by atoms with E-state index in [0.29, 0.717) is 17.1 Å². The number of carbonyl (C=O) groups is 1. The van der Waals surface area contributed by atoms with E-state index in [-0.39, 0.29) is 0 Å². The zero-order chi connectivity index (χ0) is 14.7. The SMILES string of the molecule is COC(=O)c1cnc(N)c(C)c1Nc1ccccc1C. The molecule has 5 nitrogen and oxygen atoms in total. The van der Waals surface area contributed by atoms with Crippen molar-refractivity contribution >= 4 is 23.2 Å². The molecular formula is C15H17N3O2. The quantitative estimate of drug-likeness (QED) is 0.839. The Labute approximate surface area is 117 Å². The maximum Gasteiger partial charge on any atom is 0.341 e. The summed E-state index contributed by atoms with van der Waals surface area (Å²) in [5.41, 5.74) is 9.50. The van der Waals surface area contributed by atoms with Crippen molar-refractivity contribution in [2.24, 2.45) is 0 Å². The Morgan fingerprint density at radius 3 is 2.65 bits per heavy atom. The van der Waals surface area contributed by atoms with Gasteiger partial charge in [-0.1, -0.05) is 18.2 Å². The van der Waals surface area contributed by atoms with E-state index in [4.69, 9.17) is 10.5 Å². The van der Waals surface area contributed by atoms with Crippen molar-refractivity contribution in [1.82, 2.24) is 4.98 Å². The normalized spacial score (nSPS) is 10.2. The topological polar surface area (TPSA) is 77.2 Å². The number of nitrogen functional groups attached to an aromatic ring is 1. The van der Waals surface area contributed by atoms with Crippen LogP contribution in [0.2, 0.25) is 0 Å². The number of ether oxygens (including phenoxy) is 1. The molecular weight excluding hydrogens is 254 g/mol. The number of hydrogen-bond acceptors (Lipinski definition) is 5. The number of methoxy groups -OCH3 is 1. The zero-order valence-corrected chi connectivity index (χ0v) is 11.7. The van der Waals surface area contributed by atoms with E-state index >= 15 is 0 Å². The molecule has 1 aromatic carbocycles. The van der Waals surface area contributed by atoms with Crippen LogP contribution in [0.5, 0.6) is 0 Å². The van der Waals surface area contributed by atoms with Crippen LogP contribution < -0.4 is 11.1 Å². The van der Waals surface area contributed by atoms with Crippen LogP contribution in [0.4, 0.5) is 17.2 Å². The Kier molecular flexibility index (Phi) is 3.89. The number of aromatic nitrogens is 1. The van der Waals surface area contributed by atoms with Crippen LogP contribution in [0.25, 0.3) is 0 Å².